The van der Waals surface area contributed by atoms with Gasteiger partial charge in [0.05, 0.1) is 5.56 Å². The lowest BCUT2D eigenvalue weighted by molar-refractivity contribution is -0.530. The average molecular weight is 213 g/mol. The standard InChI is InChI=1S/C11H13F2NO/c1-11(2,3)14(15)7-8-4-5-9(12)6-10(8)13/h4-7H,1-3H3/b14-7-. The van der Waals surface area contributed by atoms with E-state index in [1.165, 1.54) is 6.07 Å². The Hall–Kier alpha value is -1.45. The molecule has 0 aromatic heterocycles. The largest absolute Gasteiger partial charge is 0.623 e. The Kier molecular flexibility index (Phi) is 3.07. The third kappa shape index (κ3) is 3.01. The molecule has 15 heavy (non-hydrogen) atoms. The zero-order valence-electron chi connectivity index (χ0n) is 8.92. The van der Waals surface area contributed by atoms with Crippen LogP contribution in [-0.4, -0.2) is 16.5 Å². The summed E-state index contributed by atoms with van der Waals surface area (Å²) in [6.07, 6.45) is 1.12. The van der Waals surface area contributed by atoms with E-state index in [1.54, 1.807) is 20.8 Å². The van der Waals surface area contributed by atoms with E-state index >= 15 is 0 Å². The van der Waals surface area contributed by atoms with Crippen molar-refractivity contribution in [1.29, 1.82) is 0 Å². The van der Waals surface area contributed by atoms with Crippen molar-refractivity contribution in [3.8, 4) is 0 Å². The van der Waals surface area contributed by atoms with Gasteiger partial charge in [0.2, 0.25) is 0 Å². The summed E-state index contributed by atoms with van der Waals surface area (Å²) < 4.78 is 26.4. The van der Waals surface area contributed by atoms with E-state index in [0.717, 1.165) is 18.3 Å². The molecule has 0 N–H and O–H groups in total. The Morgan fingerprint density at radius 2 is 1.87 bits per heavy atom. The van der Waals surface area contributed by atoms with Crippen LogP contribution in [0.25, 0.3) is 0 Å². The second-order valence-corrected chi connectivity index (χ2v) is 4.29. The Labute approximate surface area is 87.4 Å². The summed E-state index contributed by atoms with van der Waals surface area (Å²) in [7, 11) is 0. The van der Waals surface area contributed by atoms with Crippen LogP contribution >= 0.6 is 0 Å². The van der Waals surface area contributed by atoms with Gasteiger partial charge in [-0.2, -0.15) is 0 Å². The number of hydrogen-bond donors (Lipinski definition) is 0. The summed E-state index contributed by atoms with van der Waals surface area (Å²) in [4.78, 5) is 0. The average Bonchev–Trinajstić information content (AvgIpc) is 2.08. The third-order valence-corrected chi connectivity index (χ3v) is 1.88. The minimum atomic E-state index is -0.736. The summed E-state index contributed by atoms with van der Waals surface area (Å²) in [6, 6.07) is 3.11. The molecule has 0 spiro atoms. The van der Waals surface area contributed by atoms with Crippen LogP contribution in [0.4, 0.5) is 8.78 Å². The molecule has 0 bridgehead atoms. The normalized spacial score (nSPS) is 13.0. The lowest BCUT2D eigenvalue weighted by Gasteiger charge is -2.18. The number of nitrogens with zero attached hydrogens (tertiary/aromatic N) is 1. The second kappa shape index (κ2) is 3.96. The fraction of sp³-hybridized carbons (Fsp3) is 0.364. The van der Waals surface area contributed by atoms with Crippen LogP contribution in [0.2, 0.25) is 0 Å². The van der Waals surface area contributed by atoms with Crippen molar-refractivity contribution < 1.29 is 13.5 Å². The zero-order valence-corrected chi connectivity index (χ0v) is 8.92. The Morgan fingerprint density at radius 1 is 1.27 bits per heavy atom. The molecule has 1 rings (SSSR count). The molecule has 2 nitrogen and oxygen atoms in total. The van der Waals surface area contributed by atoms with Gasteiger partial charge in [0.25, 0.3) is 0 Å². The molecule has 0 saturated heterocycles. The van der Waals surface area contributed by atoms with Gasteiger partial charge in [0.1, 0.15) is 11.6 Å². The summed E-state index contributed by atoms with van der Waals surface area (Å²) in [6.45, 7) is 5.12. The van der Waals surface area contributed by atoms with Gasteiger partial charge in [-0.15, -0.1) is 0 Å². The molecule has 0 saturated carbocycles. The molecule has 0 aliphatic rings. The molecule has 0 atom stereocenters. The first-order valence-corrected chi connectivity index (χ1v) is 4.57. The van der Waals surface area contributed by atoms with E-state index in [-0.39, 0.29) is 5.56 Å². The number of rotatable bonds is 1. The lowest BCUT2D eigenvalue weighted by Crippen LogP contribution is -2.29. The van der Waals surface area contributed by atoms with Crippen LogP contribution in [0.5, 0.6) is 0 Å². The maximum Gasteiger partial charge on any atom is 0.185 e. The molecule has 0 radical (unpaired) electrons. The topological polar surface area (TPSA) is 26.1 Å². The molecule has 0 aliphatic carbocycles. The third-order valence-electron chi connectivity index (χ3n) is 1.88. The first-order chi connectivity index (χ1) is 6.80. The SMILES string of the molecule is CC(C)(C)/[N+]([O-])=C/c1ccc(F)cc1F. The van der Waals surface area contributed by atoms with Gasteiger partial charge in [-0.05, 0) is 12.1 Å². The molecule has 0 heterocycles. The molecule has 0 unspecified atom stereocenters. The molecule has 0 amide bonds. The molecule has 82 valence electrons. The predicted molar refractivity (Wildman–Crippen MR) is 54.9 cm³/mol. The van der Waals surface area contributed by atoms with Gasteiger partial charge in [-0.1, -0.05) is 0 Å². The van der Waals surface area contributed by atoms with Crippen LogP contribution in [0, 0.1) is 16.8 Å². The molecule has 1 aromatic rings. The number of hydroxylamine groups is 1. The first kappa shape index (κ1) is 11.6. The minimum Gasteiger partial charge on any atom is -0.623 e. The lowest BCUT2D eigenvalue weighted by atomic mass is 10.1. The molecular formula is C11H13F2NO. The van der Waals surface area contributed by atoms with Gasteiger partial charge in [0, 0.05) is 26.8 Å². The maximum absolute atomic E-state index is 13.2. The summed E-state index contributed by atoms with van der Waals surface area (Å²) >= 11 is 0. The maximum atomic E-state index is 13.2. The number of benzene rings is 1. The van der Waals surface area contributed by atoms with Crippen molar-refractivity contribution in [3.05, 3.63) is 40.6 Å². The van der Waals surface area contributed by atoms with Crippen LogP contribution in [0.15, 0.2) is 18.2 Å². The summed E-state index contributed by atoms with van der Waals surface area (Å²) in [5.74, 6) is -1.39. The smallest absolute Gasteiger partial charge is 0.185 e. The summed E-state index contributed by atoms with van der Waals surface area (Å²) in [5, 5.41) is 11.5. The Morgan fingerprint density at radius 3 is 2.33 bits per heavy atom. The second-order valence-electron chi connectivity index (χ2n) is 4.29. The quantitative estimate of drug-likeness (QED) is 0.305. The highest BCUT2D eigenvalue weighted by Gasteiger charge is 2.18. The predicted octanol–water partition coefficient (Wildman–Crippen LogP) is 2.69. The highest BCUT2D eigenvalue weighted by molar-refractivity contribution is 5.76. The van der Waals surface area contributed by atoms with E-state index < -0.39 is 17.2 Å². The van der Waals surface area contributed by atoms with Gasteiger partial charge < -0.3 is 5.21 Å². The highest BCUT2D eigenvalue weighted by atomic mass is 19.1. The van der Waals surface area contributed by atoms with Crippen LogP contribution in [0.3, 0.4) is 0 Å². The Balaban J connectivity index is 3.09. The highest BCUT2D eigenvalue weighted by Crippen LogP contribution is 2.10. The zero-order chi connectivity index (χ0) is 11.6. The van der Waals surface area contributed by atoms with Crippen molar-refractivity contribution >= 4 is 6.21 Å². The van der Waals surface area contributed by atoms with Gasteiger partial charge in [-0.25, -0.2) is 13.5 Å². The van der Waals surface area contributed by atoms with Crippen molar-refractivity contribution in [2.24, 2.45) is 0 Å². The van der Waals surface area contributed by atoms with E-state index in [2.05, 4.69) is 0 Å². The fourth-order valence-electron chi connectivity index (χ4n) is 0.926. The Bertz CT molecular complexity index is 394. The van der Waals surface area contributed by atoms with E-state index in [9.17, 15) is 14.0 Å². The fourth-order valence-corrected chi connectivity index (χ4v) is 0.926. The van der Waals surface area contributed by atoms with Gasteiger partial charge in [-0.3, -0.25) is 0 Å². The van der Waals surface area contributed by atoms with Gasteiger partial charge in [0.15, 0.2) is 11.8 Å². The van der Waals surface area contributed by atoms with E-state index in [1.807, 2.05) is 0 Å². The number of hydrogen-bond acceptors (Lipinski definition) is 1. The van der Waals surface area contributed by atoms with Crippen LogP contribution in [0.1, 0.15) is 26.3 Å². The van der Waals surface area contributed by atoms with Crippen molar-refractivity contribution in [2.75, 3.05) is 0 Å². The van der Waals surface area contributed by atoms with Crippen molar-refractivity contribution in [3.63, 3.8) is 0 Å². The van der Waals surface area contributed by atoms with Gasteiger partial charge >= 0.3 is 0 Å². The first-order valence-electron chi connectivity index (χ1n) is 4.57. The van der Waals surface area contributed by atoms with Crippen LogP contribution < -0.4 is 0 Å². The molecule has 0 fully saturated rings. The molecule has 1 aromatic carbocycles. The molecule has 4 heteroatoms. The van der Waals surface area contributed by atoms with E-state index in [0.29, 0.717) is 4.74 Å². The molecule has 0 aliphatic heterocycles. The van der Waals surface area contributed by atoms with Crippen molar-refractivity contribution in [2.45, 2.75) is 26.3 Å². The monoisotopic (exact) mass is 213 g/mol. The van der Waals surface area contributed by atoms with Crippen molar-refractivity contribution in [1.82, 2.24) is 0 Å². The van der Waals surface area contributed by atoms with E-state index in [4.69, 9.17) is 0 Å². The molecular weight excluding hydrogens is 200 g/mol. The van der Waals surface area contributed by atoms with Crippen LogP contribution in [-0.2, 0) is 0 Å². The minimum absolute atomic E-state index is 0.0846. The summed E-state index contributed by atoms with van der Waals surface area (Å²) in [5.41, 5.74) is -0.554. The number of halogens is 2.